The summed E-state index contributed by atoms with van der Waals surface area (Å²) >= 11 is 0. The number of anilines is 1. The maximum atomic E-state index is 12.7. The number of benzene rings is 2. The first-order valence-electron chi connectivity index (χ1n) is 10.1. The molecule has 0 aliphatic heterocycles. The SMILES string of the molecule is Cc1ccc(NC(=O)COC(=O)c2nn(CC(C)C)c(=O)c3ccccc23)cc1S(N)(=O)=O. The number of sulfonamides is 1. The number of aryl methyl sites for hydroxylation is 1. The molecule has 3 rings (SSSR count). The second kappa shape index (κ2) is 9.51. The van der Waals surface area contributed by atoms with Gasteiger partial charge in [0, 0.05) is 17.6 Å². The van der Waals surface area contributed by atoms with Gasteiger partial charge in [0.25, 0.3) is 11.5 Å². The average molecular weight is 473 g/mol. The van der Waals surface area contributed by atoms with Crippen molar-refractivity contribution in [3.05, 3.63) is 64.1 Å². The molecule has 1 heterocycles. The van der Waals surface area contributed by atoms with Crippen molar-refractivity contribution in [1.82, 2.24) is 9.78 Å². The minimum atomic E-state index is -3.96. The summed E-state index contributed by atoms with van der Waals surface area (Å²) in [4.78, 5) is 37.5. The number of esters is 1. The van der Waals surface area contributed by atoms with Crippen molar-refractivity contribution >= 4 is 38.4 Å². The lowest BCUT2D eigenvalue weighted by Crippen LogP contribution is -2.29. The molecule has 0 saturated heterocycles. The van der Waals surface area contributed by atoms with Crippen LogP contribution < -0.4 is 16.0 Å². The van der Waals surface area contributed by atoms with Crippen molar-refractivity contribution in [2.45, 2.75) is 32.2 Å². The van der Waals surface area contributed by atoms with Gasteiger partial charge in [0.15, 0.2) is 12.3 Å². The molecule has 0 saturated carbocycles. The van der Waals surface area contributed by atoms with E-state index in [2.05, 4.69) is 10.4 Å². The number of aromatic nitrogens is 2. The molecule has 0 atom stereocenters. The highest BCUT2D eigenvalue weighted by molar-refractivity contribution is 7.89. The minimum absolute atomic E-state index is 0.0782. The van der Waals surface area contributed by atoms with Crippen molar-refractivity contribution in [2.75, 3.05) is 11.9 Å². The molecule has 11 heteroatoms. The van der Waals surface area contributed by atoms with E-state index in [1.54, 1.807) is 31.2 Å². The molecule has 3 N–H and O–H groups in total. The number of primary sulfonamides is 1. The predicted molar refractivity (Wildman–Crippen MR) is 122 cm³/mol. The minimum Gasteiger partial charge on any atom is -0.451 e. The molecule has 1 aromatic heterocycles. The van der Waals surface area contributed by atoms with Crippen LogP contribution in [0.15, 0.2) is 52.2 Å². The van der Waals surface area contributed by atoms with Crippen LogP contribution in [0.25, 0.3) is 10.8 Å². The van der Waals surface area contributed by atoms with Crippen LogP contribution in [-0.2, 0) is 26.1 Å². The molecule has 174 valence electrons. The monoisotopic (exact) mass is 472 g/mol. The molecule has 3 aromatic rings. The number of amides is 1. The lowest BCUT2D eigenvalue weighted by atomic mass is 10.1. The Labute approximate surface area is 190 Å². The summed E-state index contributed by atoms with van der Waals surface area (Å²) in [6.07, 6.45) is 0. The number of nitrogens with zero attached hydrogens (tertiary/aromatic N) is 2. The quantitative estimate of drug-likeness (QED) is 0.498. The summed E-state index contributed by atoms with van der Waals surface area (Å²) in [6, 6.07) is 10.8. The Bertz CT molecular complexity index is 1400. The van der Waals surface area contributed by atoms with E-state index in [4.69, 9.17) is 9.88 Å². The van der Waals surface area contributed by atoms with Gasteiger partial charge in [-0.05, 0) is 36.6 Å². The summed E-state index contributed by atoms with van der Waals surface area (Å²) in [5.41, 5.74) is 0.209. The Balaban J connectivity index is 1.79. The number of hydrogen-bond acceptors (Lipinski definition) is 7. The van der Waals surface area contributed by atoms with Crippen LogP contribution in [0.1, 0.15) is 29.9 Å². The molecule has 0 aliphatic rings. The number of carbonyl (C=O) groups excluding carboxylic acids is 2. The first kappa shape index (κ1) is 24.1. The van der Waals surface area contributed by atoms with Crippen LogP contribution >= 0.6 is 0 Å². The van der Waals surface area contributed by atoms with Crippen LogP contribution in [-0.4, -0.2) is 36.7 Å². The first-order chi connectivity index (χ1) is 15.5. The number of carbonyl (C=O) groups is 2. The van der Waals surface area contributed by atoms with Crippen molar-refractivity contribution < 1.29 is 22.7 Å². The zero-order valence-electron chi connectivity index (χ0n) is 18.4. The summed E-state index contributed by atoms with van der Waals surface area (Å²) in [6.45, 7) is 5.07. The topological polar surface area (TPSA) is 150 Å². The largest absolute Gasteiger partial charge is 0.451 e. The average Bonchev–Trinajstić information content (AvgIpc) is 2.74. The van der Waals surface area contributed by atoms with E-state index in [9.17, 15) is 22.8 Å². The highest BCUT2D eigenvalue weighted by Crippen LogP contribution is 2.19. The number of ether oxygens (including phenoxy) is 1. The van der Waals surface area contributed by atoms with Crippen LogP contribution in [0.5, 0.6) is 0 Å². The third-order valence-electron chi connectivity index (χ3n) is 4.71. The van der Waals surface area contributed by atoms with Gasteiger partial charge in [0.05, 0.1) is 10.3 Å². The second-order valence-corrected chi connectivity index (χ2v) is 9.45. The van der Waals surface area contributed by atoms with Crippen LogP contribution in [0.4, 0.5) is 5.69 Å². The Morgan fingerprint density at radius 1 is 1.15 bits per heavy atom. The molecule has 0 radical (unpaired) electrons. The van der Waals surface area contributed by atoms with Crippen LogP contribution in [0, 0.1) is 12.8 Å². The van der Waals surface area contributed by atoms with Gasteiger partial charge in [0.2, 0.25) is 10.0 Å². The second-order valence-electron chi connectivity index (χ2n) is 7.92. The maximum absolute atomic E-state index is 12.7. The van der Waals surface area contributed by atoms with Crippen LogP contribution in [0.2, 0.25) is 0 Å². The zero-order chi connectivity index (χ0) is 24.3. The molecule has 1 amide bonds. The highest BCUT2D eigenvalue weighted by Gasteiger charge is 2.20. The number of fused-ring (bicyclic) bond motifs is 1. The van der Waals surface area contributed by atoms with Gasteiger partial charge >= 0.3 is 5.97 Å². The fourth-order valence-corrected chi connectivity index (χ4v) is 4.04. The van der Waals surface area contributed by atoms with Gasteiger partial charge in [-0.25, -0.2) is 23.0 Å². The standard InChI is InChI=1S/C22H24N4O6S/c1-13(2)11-26-21(28)17-7-5-4-6-16(17)20(25-26)22(29)32-12-19(27)24-15-9-8-14(3)18(10-15)33(23,30)31/h4-10,13H,11-12H2,1-3H3,(H,24,27)(H2,23,30,31). The van der Waals surface area contributed by atoms with E-state index < -0.39 is 28.5 Å². The van der Waals surface area contributed by atoms with Gasteiger partial charge in [-0.3, -0.25) is 9.59 Å². The Kier molecular flexibility index (Phi) is 6.94. The molecule has 0 fully saturated rings. The molecule has 10 nitrogen and oxygen atoms in total. The lowest BCUT2D eigenvalue weighted by Gasteiger charge is -2.12. The third kappa shape index (κ3) is 5.62. The molecule has 0 bridgehead atoms. The third-order valence-corrected chi connectivity index (χ3v) is 5.76. The van der Waals surface area contributed by atoms with Gasteiger partial charge in [-0.15, -0.1) is 0 Å². The summed E-state index contributed by atoms with van der Waals surface area (Å²) in [7, 11) is -3.96. The summed E-state index contributed by atoms with van der Waals surface area (Å²) in [5.74, 6) is -1.44. The highest BCUT2D eigenvalue weighted by atomic mass is 32.2. The smallest absolute Gasteiger partial charge is 0.359 e. The fourth-order valence-electron chi connectivity index (χ4n) is 3.24. The van der Waals surface area contributed by atoms with E-state index in [-0.39, 0.29) is 27.8 Å². The van der Waals surface area contributed by atoms with E-state index in [0.717, 1.165) is 0 Å². The van der Waals surface area contributed by atoms with Gasteiger partial charge in [0.1, 0.15) is 0 Å². The lowest BCUT2D eigenvalue weighted by molar-refractivity contribution is -0.119. The normalized spacial score (nSPS) is 11.5. The van der Waals surface area contributed by atoms with Crippen molar-refractivity contribution in [3.63, 3.8) is 0 Å². The Morgan fingerprint density at radius 2 is 1.82 bits per heavy atom. The Morgan fingerprint density at radius 3 is 2.45 bits per heavy atom. The Hall–Kier alpha value is -3.57. The van der Waals surface area contributed by atoms with Crippen molar-refractivity contribution in [3.8, 4) is 0 Å². The number of nitrogens with one attached hydrogen (secondary N) is 1. The van der Waals surface area contributed by atoms with Crippen molar-refractivity contribution in [2.24, 2.45) is 11.1 Å². The fraction of sp³-hybridized carbons (Fsp3) is 0.273. The van der Waals surface area contributed by atoms with Crippen LogP contribution in [0.3, 0.4) is 0 Å². The summed E-state index contributed by atoms with van der Waals surface area (Å²) < 4.78 is 29.6. The molecule has 0 spiro atoms. The van der Waals surface area contributed by atoms with E-state index in [1.807, 2.05) is 13.8 Å². The van der Waals surface area contributed by atoms with Gasteiger partial charge in [-0.2, -0.15) is 5.10 Å². The molecule has 33 heavy (non-hydrogen) atoms. The predicted octanol–water partition coefficient (Wildman–Crippen LogP) is 1.80. The summed E-state index contributed by atoms with van der Waals surface area (Å²) in [5, 5.41) is 12.4. The number of hydrogen-bond donors (Lipinski definition) is 2. The van der Waals surface area contributed by atoms with Gasteiger partial charge in [-0.1, -0.05) is 38.1 Å². The molecule has 0 unspecified atom stereocenters. The van der Waals surface area contributed by atoms with E-state index in [0.29, 0.717) is 22.9 Å². The first-order valence-corrected chi connectivity index (χ1v) is 11.6. The maximum Gasteiger partial charge on any atom is 0.359 e. The number of nitrogens with two attached hydrogens (primary N) is 1. The van der Waals surface area contributed by atoms with E-state index >= 15 is 0 Å². The number of rotatable bonds is 7. The molecule has 0 aliphatic carbocycles. The molecular weight excluding hydrogens is 448 g/mol. The van der Waals surface area contributed by atoms with Gasteiger partial charge < -0.3 is 10.1 Å². The molecule has 2 aromatic carbocycles. The molecular formula is C22H24N4O6S. The van der Waals surface area contributed by atoms with Crippen molar-refractivity contribution in [1.29, 1.82) is 0 Å². The zero-order valence-corrected chi connectivity index (χ0v) is 19.2. The van der Waals surface area contributed by atoms with E-state index in [1.165, 1.54) is 22.9 Å².